The number of nitrogens with zero attached hydrogens (tertiary/aromatic N) is 3. The highest BCUT2D eigenvalue weighted by Gasteiger charge is 2.36. The van der Waals surface area contributed by atoms with Gasteiger partial charge in [-0.15, -0.1) is 0 Å². The number of carboxylic acids is 1. The van der Waals surface area contributed by atoms with Gasteiger partial charge in [0.2, 0.25) is 0 Å². The Kier molecular flexibility index (Phi) is 4.53. The highest BCUT2D eigenvalue weighted by molar-refractivity contribution is 5.96. The van der Waals surface area contributed by atoms with Gasteiger partial charge in [0, 0.05) is 18.2 Å². The predicted molar refractivity (Wildman–Crippen MR) is 101 cm³/mol. The third-order valence-electron chi connectivity index (χ3n) is 4.64. The molecule has 9 heteroatoms. The van der Waals surface area contributed by atoms with Crippen LogP contribution in [0.3, 0.4) is 0 Å². The first-order valence-electron chi connectivity index (χ1n) is 8.70. The SMILES string of the molecule is Cn1nc(-c2ccccc2)c2c(C(F)(F)F)cc(-c3ccc(F)c(C(=O)O)c3)nc21. The van der Waals surface area contributed by atoms with Crippen LogP contribution in [-0.2, 0) is 13.2 Å². The third kappa shape index (κ3) is 3.28. The van der Waals surface area contributed by atoms with Gasteiger partial charge in [-0.3, -0.25) is 0 Å². The molecule has 2 aromatic carbocycles. The first-order chi connectivity index (χ1) is 14.2. The number of carbonyl (C=O) groups is 1. The van der Waals surface area contributed by atoms with Crippen LogP contribution >= 0.6 is 0 Å². The van der Waals surface area contributed by atoms with Crippen molar-refractivity contribution in [2.24, 2.45) is 7.05 Å². The summed E-state index contributed by atoms with van der Waals surface area (Å²) in [5.41, 5.74) is -1.11. The van der Waals surface area contributed by atoms with E-state index >= 15 is 0 Å². The van der Waals surface area contributed by atoms with Gasteiger partial charge in [-0.2, -0.15) is 18.3 Å². The lowest BCUT2D eigenvalue weighted by Gasteiger charge is -2.12. The zero-order chi connectivity index (χ0) is 21.6. The summed E-state index contributed by atoms with van der Waals surface area (Å²) in [6, 6.07) is 12.3. The van der Waals surface area contributed by atoms with Crippen LogP contribution in [-0.4, -0.2) is 25.8 Å². The highest BCUT2D eigenvalue weighted by Crippen LogP contribution is 2.40. The predicted octanol–water partition coefficient (Wildman–Crippen LogP) is 5.16. The quantitative estimate of drug-likeness (QED) is 0.470. The molecule has 4 rings (SSSR count). The molecule has 0 aliphatic rings. The summed E-state index contributed by atoms with van der Waals surface area (Å²) in [6.45, 7) is 0. The van der Waals surface area contributed by atoms with Crippen molar-refractivity contribution < 1.29 is 27.5 Å². The molecular formula is C21H13F4N3O2. The Hall–Kier alpha value is -3.75. The smallest absolute Gasteiger partial charge is 0.417 e. The molecule has 0 amide bonds. The molecule has 4 aromatic rings. The minimum absolute atomic E-state index is 0.0279. The average Bonchev–Trinajstić information content (AvgIpc) is 3.04. The Bertz CT molecular complexity index is 1280. The number of pyridine rings is 1. The second-order valence-electron chi connectivity index (χ2n) is 6.59. The minimum Gasteiger partial charge on any atom is -0.478 e. The fourth-order valence-corrected chi connectivity index (χ4v) is 3.26. The largest absolute Gasteiger partial charge is 0.478 e. The van der Waals surface area contributed by atoms with Crippen molar-refractivity contribution >= 4 is 17.0 Å². The monoisotopic (exact) mass is 415 g/mol. The maximum atomic E-state index is 14.0. The van der Waals surface area contributed by atoms with Crippen LogP contribution in [0.2, 0.25) is 0 Å². The van der Waals surface area contributed by atoms with E-state index in [1.807, 2.05) is 0 Å². The molecule has 0 saturated heterocycles. The van der Waals surface area contributed by atoms with Crippen molar-refractivity contribution in [3.8, 4) is 22.5 Å². The second-order valence-corrected chi connectivity index (χ2v) is 6.59. The van der Waals surface area contributed by atoms with Crippen molar-refractivity contribution in [3.63, 3.8) is 0 Å². The number of carboxylic acid groups (broad SMARTS) is 1. The number of aromatic nitrogens is 3. The molecule has 0 saturated carbocycles. The fourth-order valence-electron chi connectivity index (χ4n) is 3.26. The first kappa shape index (κ1) is 19.6. The number of hydrogen-bond donors (Lipinski definition) is 1. The molecule has 0 aliphatic carbocycles. The third-order valence-corrected chi connectivity index (χ3v) is 4.64. The number of aromatic carboxylic acids is 1. The molecule has 0 unspecified atom stereocenters. The lowest BCUT2D eigenvalue weighted by molar-refractivity contribution is -0.136. The maximum Gasteiger partial charge on any atom is 0.417 e. The number of rotatable bonds is 3. The summed E-state index contributed by atoms with van der Waals surface area (Å²) in [6.07, 6.45) is -4.72. The van der Waals surface area contributed by atoms with Gasteiger partial charge >= 0.3 is 12.1 Å². The summed E-state index contributed by atoms with van der Waals surface area (Å²) in [5, 5.41) is 13.2. The number of halogens is 4. The summed E-state index contributed by atoms with van der Waals surface area (Å²) >= 11 is 0. The van der Waals surface area contributed by atoms with E-state index in [0.717, 1.165) is 18.2 Å². The molecule has 5 nitrogen and oxygen atoms in total. The Morgan fingerprint density at radius 3 is 2.37 bits per heavy atom. The van der Waals surface area contributed by atoms with E-state index in [4.69, 9.17) is 5.11 Å². The number of fused-ring (bicyclic) bond motifs is 1. The molecule has 2 aromatic heterocycles. The topological polar surface area (TPSA) is 68.0 Å². The Morgan fingerprint density at radius 1 is 1.03 bits per heavy atom. The van der Waals surface area contributed by atoms with E-state index in [2.05, 4.69) is 10.1 Å². The number of alkyl halides is 3. The zero-order valence-corrected chi connectivity index (χ0v) is 15.4. The van der Waals surface area contributed by atoms with Crippen molar-refractivity contribution in [2.75, 3.05) is 0 Å². The van der Waals surface area contributed by atoms with Crippen LogP contribution in [0.4, 0.5) is 17.6 Å². The Morgan fingerprint density at radius 2 is 1.73 bits per heavy atom. The molecule has 2 heterocycles. The molecule has 0 atom stereocenters. The van der Waals surface area contributed by atoms with Gasteiger partial charge in [0.05, 0.1) is 22.2 Å². The summed E-state index contributed by atoms with van der Waals surface area (Å²) < 4.78 is 56.9. The normalized spacial score (nSPS) is 11.8. The van der Waals surface area contributed by atoms with E-state index in [1.54, 1.807) is 30.3 Å². The molecule has 152 valence electrons. The van der Waals surface area contributed by atoms with Crippen molar-refractivity contribution in [3.05, 3.63) is 71.5 Å². The maximum absolute atomic E-state index is 14.0. The average molecular weight is 415 g/mol. The summed E-state index contributed by atoms with van der Waals surface area (Å²) in [5.74, 6) is -2.52. The van der Waals surface area contributed by atoms with Crippen LogP contribution in [0.25, 0.3) is 33.5 Å². The summed E-state index contributed by atoms with van der Waals surface area (Å²) in [7, 11) is 1.47. The van der Waals surface area contributed by atoms with Crippen molar-refractivity contribution in [2.45, 2.75) is 6.18 Å². The van der Waals surface area contributed by atoms with Gasteiger partial charge < -0.3 is 5.11 Å². The fraction of sp³-hybridized carbons (Fsp3) is 0.0952. The lowest BCUT2D eigenvalue weighted by Crippen LogP contribution is -2.08. The number of benzene rings is 2. The van der Waals surface area contributed by atoms with Crippen LogP contribution in [0.5, 0.6) is 0 Å². The minimum atomic E-state index is -4.72. The van der Waals surface area contributed by atoms with Gasteiger partial charge in [0.15, 0.2) is 5.65 Å². The van der Waals surface area contributed by atoms with E-state index in [0.29, 0.717) is 5.56 Å². The van der Waals surface area contributed by atoms with Crippen LogP contribution in [0.15, 0.2) is 54.6 Å². The zero-order valence-electron chi connectivity index (χ0n) is 15.4. The molecule has 30 heavy (non-hydrogen) atoms. The molecular weight excluding hydrogens is 402 g/mol. The van der Waals surface area contributed by atoms with Crippen LogP contribution < -0.4 is 0 Å². The Balaban J connectivity index is 2.03. The van der Waals surface area contributed by atoms with Crippen molar-refractivity contribution in [1.82, 2.24) is 14.8 Å². The van der Waals surface area contributed by atoms with Gasteiger partial charge in [0.25, 0.3) is 0 Å². The number of aryl methyl sites for hydroxylation is 1. The Labute approximate surface area is 167 Å². The number of hydrogen-bond acceptors (Lipinski definition) is 3. The van der Waals surface area contributed by atoms with Gasteiger partial charge in [-0.05, 0) is 24.3 Å². The molecule has 0 fully saturated rings. The second kappa shape index (κ2) is 6.94. The highest BCUT2D eigenvalue weighted by atomic mass is 19.4. The molecule has 0 spiro atoms. The van der Waals surface area contributed by atoms with Gasteiger partial charge in [0.1, 0.15) is 11.5 Å². The van der Waals surface area contributed by atoms with Gasteiger partial charge in [-0.25, -0.2) is 18.9 Å². The lowest BCUT2D eigenvalue weighted by atomic mass is 10.0. The molecule has 0 aliphatic heterocycles. The van der Waals surface area contributed by atoms with Crippen molar-refractivity contribution in [1.29, 1.82) is 0 Å². The van der Waals surface area contributed by atoms with Crippen LogP contribution in [0.1, 0.15) is 15.9 Å². The summed E-state index contributed by atoms with van der Waals surface area (Å²) in [4.78, 5) is 15.5. The standard InChI is InChI=1S/C21H13F4N3O2/c1-28-19-17(18(27-28)11-5-3-2-4-6-11)14(21(23,24)25)10-16(26-19)12-7-8-15(22)13(9-12)20(29)30/h2-10H,1H3,(H,29,30). The van der Waals surface area contributed by atoms with Gasteiger partial charge in [-0.1, -0.05) is 30.3 Å². The van der Waals surface area contributed by atoms with Crippen LogP contribution in [0, 0.1) is 5.82 Å². The van der Waals surface area contributed by atoms with E-state index in [1.165, 1.54) is 17.8 Å². The van der Waals surface area contributed by atoms with E-state index in [-0.39, 0.29) is 28.0 Å². The molecule has 0 bridgehead atoms. The van der Waals surface area contributed by atoms with E-state index < -0.39 is 29.1 Å². The molecule has 1 N–H and O–H groups in total. The molecule has 0 radical (unpaired) electrons. The first-order valence-corrected chi connectivity index (χ1v) is 8.70. The van der Waals surface area contributed by atoms with E-state index in [9.17, 15) is 22.4 Å².